The molecule has 0 saturated heterocycles. The molecule has 0 atom stereocenters. The molecule has 156 valence electrons. The second kappa shape index (κ2) is 8.16. The molecule has 1 aliphatic heterocycles. The summed E-state index contributed by atoms with van der Waals surface area (Å²) in [6.45, 7) is -0.213. The first-order chi connectivity index (χ1) is 14.8. The molecule has 2 aromatic carbocycles. The third-order valence-corrected chi connectivity index (χ3v) is 5.04. The zero-order valence-corrected chi connectivity index (χ0v) is 16.6. The van der Waals surface area contributed by atoms with Crippen LogP contribution in [0.25, 0.3) is 11.3 Å². The molecule has 0 saturated carbocycles. The monoisotopic (exact) mass is 440 g/mol. The molecule has 0 bridgehead atoms. The molecule has 0 unspecified atom stereocenters. The number of nitrogens with zero attached hydrogens (tertiary/aromatic N) is 2. The number of carbonyl (C=O) groups excluding carboxylic acids is 2. The summed E-state index contributed by atoms with van der Waals surface area (Å²) in [6, 6.07) is 12.8. The predicted octanol–water partition coefficient (Wildman–Crippen LogP) is 4.58. The van der Waals surface area contributed by atoms with E-state index in [1.165, 1.54) is 30.3 Å². The number of aromatic carboxylic acids is 1. The van der Waals surface area contributed by atoms with Crippen LogP contribution in [0.1, 0.15) is 21.7 Å². The van der Waals surface area contributed by atoms with Crippen molar-refractivity contribution in [2.75, 3.05) is 0 Å². The van der Waals surface area contributed by atoms with Crippen LogP contribution < -0.4 is 0 Å². The van der Waals surface area contributed by atoms with Crippen LogP contribution in [0.3, 0.4) is 0 Å². The van der Waals surface area contributed by atoms with Crippen molar-refractivity contribution in [3.05, 3.63) is 82.3 Å². The maximum Gasteiger partial charge on any atom is 0.351 e. The van der Waals surface area contributed by atoms with Crippen LogP contribution in [0, 0.1) is 5.82 Å². The average molecular weight is 441 g/mol. The van der Waals surface area contributed by atoms with Crippen molar-refractivity contribution in [2.24, 2.45) is 4.99 Å². The topological polar surface area (TPSA) is 100 Å². The van der Waals surface area contributed by atoms with E-state index in [-0.39, 0.29) is 34.8 Å². The van der Waals surface area contributed by atoms with Crippen molar-refractivity contribution < 1.29 is 28.3 Å². The fourth-order valence-corrected chi connectivity index (χ4v) is 3.41. The van der Waals surface area contributed by atoms with Crippen LogP contribution in [0.4, 0.5) is 9.18 Å². The lowest BCUT2D eigenvalue weighted by atomic mass is 10.1. The molecule has 3 amide bonds. The number of furan rings is 1. The van der Waals surface area contributed by atoms with Crippen LogP contribution in [-0.2, 0) is 17.8 Å². The lowest BCUT2D eigenvalue weighted by Gasteiger charge is -2.13. The minimum Gasteiger partial charge on any atom is -0.478 e. The molecule has 2 heterocycles. The largest absolute Gasteiger partial charge is 0.478 e. The number of benzene rings is 2. The van der Waals surface area contributed by atoms with Crippen molar-refractivity contribution in [3.63, 3.8) is 0 Å². The van der Waals surface area contributed by atoms with E-state index in [4.69, 9.17) is 21.1 Å². The molecular weight excluding hydrogens is 427 g/mol. The highest BCUT2D eigenvalue weighted by Gasteiger charge is 2.34. The third kappa shape index (κ3) is 4.10. The highest BCUT2D eigenvalue weighted by molar-refractivity contribution is 6.46. The summed E-state index contributed by atoms with van der Waals surface area (Å²) in [5, 5.41) is 9.12. The van der Waals surface area contributed by atoms with E-state index in [0.717, 1.165) is 4.90 Å². The Morgan fingerprint density at radius 3 is 2.61 bits per heavy atom. The van der Waals surface area contributed by atoms with Gasteiger partial charge in [0.15, 0.2) is 0 Å². The quantitative estimate of drug-likeness (QED) is 0.604. The SMILES string of the molecule is O=C(O)c1ccc(-c2ccc(CC3=NC(=O)N(Cc4ccccc4F)C3=O)o2)cc1Cl. The van der Waals surface area contributed by atoms with Gasteiger partial charge in [0.05, 0.1) is 23.6 Å². The highest BCUT2D eigenvalue weighted by atomic mass is 35.5. The van der Waals surface area contributed by atoms with Gasteiger partial charge in [0.2, 0.25) is 0 Å². The highest BCUT2D eigenvalue weighted by Crippen LogP contribution is 2.28. The summed E-state index contributed by atoms with van der Waals surface area (Å²) in [6.07, 6.45) is -0.0285. The van der Waals surface area contributed by atoms with Gasteiger partial charge in [-0.1, -0.05) is 35.9 Å². The van der Waals surface area contributed by atoms with Gasteiger partial charge in [-0.15, -0.1) is 0 Å². The molecule has 1 aliphatic rings. The van der Waals surface area contributed by atoms with Crippen molar-refractivity contribution in [3.8, 4) is 11.3 Å². The summed E-state index contributed by atoms with van der Waals surface area (Å²) in [5.74, 6) is -1.48. The Morgan fingerprint density at radius 1 is 1.13 bits per heavy atom. The molecule has 4 rings (SSSR count). The van der Waals surface area contributed by atoms with Crippen molar-refractivity contribution in [1.29, 1.82) is 0 Å². The number of carboxylic acid groups (broad SMARTS) is 1. The lowest BCUT2D eigenvalue weighted by Crippen LogP contribution is -2.33. The van der Waals surface area contributed by atoms with Crippen molar-refractivity contribution in [2.45, 2.75) is 13.0 Å². The van der Waals surface area contributed by atoms with Gasteiger partial charge in [0, 0.05) is 11.1 Å². The van der Waals surface area contributed by atoms with Gasteiger partial charge in [-0.25, -0.2) is 14.0 Å². The summed E-state index contributed by atoms with van der Waals surface area (Å²) < 4.78 is 19.6. The average Bonchev–Trinajstić information content (AvgIpc) is 3.29. The molecule has 0 radical (unpaired) electrons. The van der Waals surface area contributed by atoms with E-state index in [0.29, 0.717) is 17.1 Å². The molecule has 7 nitrogen and oxygen atoms in total. The normalized spacial score (nSPS) is 13.6. The minimum atomic E-state index is -1.14. The zero-order chi connectivity index (χ0) is 22.1. The molecular formula is C22H14ClFN2O5. The lowest BCUT2D eigenvalue weighted by molar-refractivity contribution is -0.121. The van der Waals surface area contributed by atoms with Gasteiger partial charge in [-0.2, -0.15) is 4.99 Å². The van der Waals surface area contributed by atoms with E-state index >= 15 is 0 Å². The number of aliphatic imine (C=N–C) groups is 1. The van der Waals surface area contributed by atoms with E-state index in [1.54, 1.807) is 24.3 Å². The molecule has 0 fully saturated rings. The molecule has 0 aliphatic carbocycles. The predicted molar refractivity (Wildman–Crippen MR) is 110 cm³/mol. The summed E-state index contributed by atoms with van der Waals surface area (Å²) in [5.41, 5.74) is 0.721. The number of carbonyl (C=O) groups is 3. The van der Waals surface area contributed by atoms with Gasteiger partial charge in [-0.05, 0) is 30.3 Å². The number of hydrogen-bond acceptors (Lipinski definition) is 4. The molecule has 3 aromatic rings. The Balaban J connectivity index is 1.49. The Kier molecular flexibility index (Phi) is 5.39. The molecule has 1 aromatic heterocycles. The molecule has 9 heteroatoms. The van der Waals surface area contributed by atoms with Gasteiger partial charge in [0.1, 0.15) is 23.0 Å². The fraction of sp³-hybridized carbons (Fsp3) is 0.0909. The number of imide groups is 1. The molecule has 1 N–H and O–H groups in total. The molecule has 0 spiro atoms. The first-order valence-electron chi connectivity index (χ1n) is 9.12. The standard InChI is InChI=1S/C22H14ClFN2O5/c23-16-9-12(5-7-15(16)21(28)29)19-8-6-14(31-19)10-18-20(27)26(22(30)25-18)11-13-3-1-2-4-17(13)24/h1-9H,10-11H2,(H,28,29). The maximum atomic E-state index is 13.9. The number of carboxylic acids is 1. The number of rotatable bonds is 6. The first kappa shape index (κ1) is 20.5. The van der Waals surface area contributed by atoms with Crippen LogP contribution in [-0.4, -0.2) is 33.6 Å². The smallest absolute Gasteiger partial charge is 0.351 e. The third-order valence-electron chi connectivity index (χ3n) is 4.73. The van der Waals surface area contributed by atoms with Gasteiger partial charge >= 0.3 is 12.0 Å². The van der Waals surface area contributed by atoms with Gasteiger partial charge < -0.3 is 9.52 Å². The Morgan fingerprint density at radius 2 is 1.90 bits per heavy atom. The van der Waals surface area contributed by atoms with E-state index < -0.39 is 23.7 Å². The maximum absolute atomic E-state index is 13.9. The first-order valence-corrected chi connectivity index (χ1v) is 9.50. The second-order valence-corrected chi connectivity index (χ2v) is 7.17. The number of halogens is 2. The summed E-state index contributed by atoms with van der Waals surface area (Å²) in [4.78, 5) is 40.5. The Hall–Kier alpha value is -3.78. The van der Waals surface area contributed by atoms with Crippen LogP contribution in [0.15, 0.2) is 64.0 Å². The fourth-order valence-electron chi connectivity index (χ4n) is 3.15. The summed E-state index contributed by atoms with van der Waals surface area (Å²) in [7, 11) is 0. The van der Waals surface area contributed by atoms with E-state index in [1.807, 2.05) is 0 Å². The Bertz CT molecular complexity index is 1250. The Labute approximate surface area is 180 Å². The van der Waals surface area contributed by atoms with E-state index in [9.17, 15) is 18.8 Å². The van der Waals surface area contributed by atoms with Crippen molar-refractivity contribution in [1.82, 2.24) is 4.90 Å². The summed E-state index contributed by atoms with van der Waals surface area (Å²) >= 11 is 5.99. The van der Waals surface area contributed by atoms with Crippen LogP contribution in [0.2, 0.25) is 5.02 Å². The van der Waals surface area contributed by atoms with Gasteiger partial charge in [0.25, 0.3) is 5.91 Å². The van der Waals surface area contributed by atoms with Gasteiger partial charge in [-0.3, -0.25) is 9.69 Å². The minimum absolute atomic E-state index is 0.0125. The number of urea groups is 1. The van der Waals surface area contributed by atoms with E-state index in [2.05, 4.69) is 4.99 Å². The number of hydrogen-bond donors (Lipinski definition) is 1. The zero-order valence-electron chi connectivity index (χ0n) is 15.8. The second-order valence-electron chi connectivity index (χ2n) is 6.77. The van der Waals surface area contributed by atoms with Crippen molar-refractivity contribution >= 4 is 35.2 Å². The van der Waals surface area contributed by atoms with Crippen LogP contribution in [0.5, 0.6) is 0 Å². The van der Waals surface area contributed by atoms with Crippen LogP contribution >= 0.6 is 11.6 Å². The number of amides is 3. The molecule has 31 heavy (non-hydrogen) atoms.